The largest absolute Gasteiger partial charge is 0.497 e. The van der Waals surface area contributed by atoms with Crippen LogP contribution in [-0.4, -0.2) is 74.7 Å². The highest BCUT2D eigenvalue weighted by molar-refractivity contribution is 5.80. The molecule has 0 atom stereocenters. The maximum absolute atomic E-state index is 5.26. The van der Waals surface area contributed by atoms with Crippen LogP contribution in [0.5, 0.6) is 5.75 Å². The zero-order valence-electron chi connectivity index (χ0n) is 18.8. The fourth-order valence-electron chi connectivity index (χ4n) is 3.85. The summed E-state index contributed by atoms with van der Waals surface area (Å²) in [5, 5.41) is 8.18. The van der Waals surface area contributed by atoms with Crippen LogP contribution < -0.4 is 15.0 Å². The molecule has 2 aromatic rings. The number of aliphatic imine (C=N–C) groups is 1. The molecule has 1 aromatic heterocycles. The number of nitrogens with one attached hydrogen (secondary N) is 1. The van der Waals surface area contributed by atoms with E-state index in [9.17, 15) is 0 Å². The van der Waals surface area contributed by atoms with Crippen molar-refractivity contribution >= 4 is 11.6 Å². The van der Waals surface area contributed by atoms with Gasteiger partial charge in [-0.1, -0.05) is 0 Å². The number of methoxy groups -OCH3 is 2. The summed E-state index contributed by atoms with van der Waals surface area (Å²) in [5.41, 5.74) is 4.69. The van der Waals surface area contributed by atoms with E-state index in [1.807, 2.05) is 23.9 Å². The molecule has 0 radical (unpaired) electrons. The lowest BCUT2D eigenvalue weighted by Crippen LogP contribution is -2.52. The second-order valence-corrected chi connectivity index (χ2v) is 7.44. The minimum atomic E-state index is 0.662. The van der Waals surface area contributed by atoms with E-state index in [0.29, 0.717) is 6.61 Å². The van der Waals surface area contributed by atoms with Crippen molar-refractivity contribution in [2.45, 2.75) is 26.9 Å². The third-order valence-corrected chi connectivity index (χ3v) is 5.69. The van der Waals surface area contributed by atoms with E-state index in [1.165, 1.54) is 16.9 Å². The molecule has 1 aliphatic rings. The zero-order chi connectivity index (χ0) is 21.5. The predicted octanol–water partition coefficient (Wildman–Crippen LogP) is 2.05. The highest BCUT2D eigenvalue weighted by atomic mass is 16.5. The maximum atomic E-state index is 5.26. The normalized spacial score (nSPS) is 14.9. The molecule has 30 heavy (non-hydrogen) atoms. The van der Waals surface area contributed by atoms with Gasteiger partial charge in [-0.3, -0.25) is 9.67 Å². The number of aryl methyl sites for hydroxylation is 1. The molecule has 8 heteroatoms. The lowest BCUT2D eigenvalue weighted by atomic mass is 10.2. The summed E-state index contributed by atoms with van der Waals surface area (Å²) >= 11 is 0. The number of hydrogen-bond donors (Lipinski definition) is 1. The van der Waals surface area contributed by atoms with Gasteiger partial charge in [0, 0.05) is 63.8 Å². The number of aromatic nitrogens is 2. The van der Waals surface area contributed by atoms with Crippen LogP contribution in [0.1, 0.15) is 17.0 Å². The van der Waals surface area contributed by atoms with E-state index < -0.39 is 0 Å². The Morgan fingerprint density at radius 2 is 1.80 bits per heavy atom. The minimum absolute atomic E-state index is 0.662. The summed E-state index contributed by atoms with van der Waals surface area (Å²) in [6.07, 6.45) is 0. The van der Waals surface area contributed by atoms with E-state index in [4.69, 9.17) is 9.47 Å². The van der Waals surface area contributed by atoms with Crippen molar-refractivity contribution in [3.8, 4) is 5.75 Å². The van der Waals surface area contributed by atoms with Crippen LogP contribution in [0.25, 0.3) is 0 Å². The van der Waals surface area contributed by atoms with E-state index in [1.54, 1.807) is 14.2 Å². The average molecular weight is 415 g/mol. The number of guanidine groups is 1. The van der Waals surface area contributed by atoms with Crippen molar-refractivity contribution in [2.24, 2.45) is 4.99 Å². The van der Waals surface area contributed by atoms with Crippen LogP contribution in [0.2, 0.25) is 0 Å². The van der Waals surface area contributed by atoms with Crippen molar-refractivity contribution in [2.75, 3.05) is 59.0 Å². The van der Waals surface area contributed by atoms with Gasteiger partial charge in [0.25, 0.3) is 0 Å². The standard InChI is InChI=1S/C22H34N6O2/c1-17-21(18(2)28(25-17)14-15-29-4)16-24-22(23-3)27-12-10-26(11-13-27)19-6-8-20(30-5)9-7-19/h6-9H,10-16H2,1-5H3,(H,23,24). The monoisotopic (exact) mass is 414 g/mol. The number of anilines is 1. The average Bonchev–Trinajstić information content (AvgIpc) is 3.06. The first kappa shape index (κ1) is 22.0. The smallest absolute Gasteiger partial charge is 0.194 e. The second-order valence-electron chi connectivity index (χ2n) is 7.44. The minimum Gasteiger partial charge on any atom is -0.497 e. The number of piperazine rings is 1. The summed E-state index contributed by atoms with van der Waals surface area (Å²) in [7, 11) is 5.26. The van der Waals surface area contributed by atoms with E-state index >= 15 is 0 Å². The Morgan fingerprint density at radius 1 is 1.10 bits per heavy atom. The summed E-state index contributed by atoms with van der Waals surface area (Å²) in [6, 6.07) is 8.27. The van der Waals surface area contributed by atoms with Gasteiger partial charge in [-0.25, -0.2) is 0 Å². The predicted molar refractivity (Wildman–Crippen MR) is 121 cm³/mol. The third kappa shape index (κ3) is 5.05. The first-order chi connectivity index (χ1) is 14.6. The molecule has 0 aliphatic carbocycles. The molecule has 1 saturated heterocycles. The van der Waals surface area contributed by atoms with Gasteiger partial charge < -0.3 is 24.6 Å². The van der Waals surface area contributed by atoms with Crippen LogP contribution in [0.3, 0.4) is 0 Å². The molecule has 1 fully saturated rings. The van der Waals surface area contributed by atoms with Crippen LogP contribution in [0, 0.1) is 13.8 Å². The van der Waals surface area contributed by atoms with Crippen molar-refractivity contribution in [1.29, 1.82) is 0 Å². The van der Waals surface area contributed by atoms with Gasteiger partial charge in [0.2, 0.25) is 0 Å². The van der Waals surface area contributed by atoms with Gasteiger partial charge in [0.15, 0.2) is 5.96 Å². The molecule has 8 nitrogen and oxygen atoms in total. The van der Waals surface area contributed by atoms with Gasteiger partial charge in [0.05, 0.1) is 26.0 Å². The summed E-state index contributed by atoms with van der Waals surface area (Å²) in [5.74, 6) is 1.82. The number of benzene rings is 1. The zero-order valence-corrected chi connectivity index (χ0v) is 18.8. The van der Waals surface area contributed by atoms with Gasteiger partial charge in [-0.15, -0.1) is 0 Å². The topological polar surface area (TPSA) is 67.2 Å². The molecule has 2 heterocycles. The van der Waals surface area contributed by atoms with Gasteiger partial charge in [0.1, 0.15) is 5.75 Å². The van der Waals surface area contributed by atoms with Crippen LogP contribution >= 0.6 is 0 Å². The molecular weight excluding hydrogens is 380 g/mol. The quantitative estimate of drug-likeness (QED) is 0.553. The molecule has 3 rings (SSSR count). The molecule has 164 valence electrons. The fraction of sp³-hybridized carbons (Fsp3) is 0.545. The van der Waals surface area contributed by atoms with Gasteiger partial charge in [-0.05, 0) is 38.1 Å². The first-order valence-electron chi connectivity index (χ1n) is 10.4. The molecule has 0 unspecified atom stereocenters. The van der Waals surface area contributed by atoms with Gasteiger partial charge >= 0.3 is 0 Å². The number of nitrogens with zero attached hydrogens (tertiary/aromatic N) is 5. The Kier molecular flexibility index (Phi) is 7.57. The van der Waals surface area contributed by atoms with E-state index in [-0.39, 0.29) is 0 Å². The Labute approximate surface area is 179 Å². The molecule has 0 spiro atoms. The molecule has 0 bridgehead atoms. The lowest BCUT2D eigenvalue weighted by molar-refractivity contribution is 0.182. The van der Waals surface area contributed by atoms with Crippen LogP contribution in [0.4, 0.5) is 5.69 Å². The highest BCUT2D eigenvalue weighted by Crippen LogP contribution is 2.20. The molecule has 1 aromatic carbocycles. The van der Waals surface area contributed by atoms with Crippen LogP contribution in [-0.2, 0) is 17.8 Å². The Morgan fingerprint density at radius 3 is 2.40 bits per heavy atom. The number of hydrogen-bond acceptors (Lipinski definition) is 5. The Hall–Kier alpha value is -2.74. The maximum Gasteiger partial charge on any atom is 0.194 e. The molecule has 1 aliphatic heterocycles. The highest BCUT2D eigenvalue weighted by Gasteiger charge is 2.20. The fourth-order valence-corrected chi connectivity index (χ4v) is 3.85. The van der Waals surface area contributed by atoms with Crippen LogP contribution in [0.15, 0.2) is 29.3 Å². The number of rotatable bonds is 7. The third-order valence-electron chi connectivity index (χ3n) is 5.69. The van der Waals surface area contributed by atoms with Crippen molar-refractivity contribution < 1.29 is 9.47 Å². The Balaban J connectivity index is 1.56. The second kappa shape index (κ2) is 10.3. The van der Waals surface area contributed by atoms with Crippen molar-refractivity contribution in [3.05, 3.63) is 41.2 Å². The lowest BCUT2D eigenvalue weighted by Gasteiger charge is -2.37. The summed E-state index contributed by atoms with van der Waals surface area (Å²) in [4.78, 5) is 9.23. The van der Waals surface area contributed by atoms with Crippen molar-refractivity contribution in [3.63, 3.8) is 0 Å². The number of ether oxygens (including phenoxy) is 2. The first-order valence-corrected chi connectivity index (χ1v) is 10.4. The molecule has 0 saturated carbocycles. The molecule has 0 amide bonds. The summed E-state index contributed by atoms with van der Waals surface area (Å²) < 4.78 is 12.5. The Bertz CT molecular complexity index is 838. The SMILES string of the molecule is CN=C(NCc1c(C)nn(CCOC)c1C)N1CCN(c2ccc(OC)cc2)CC1. The van der Waals surface area contributed by atoms with E-state index in [0.717, 1.165) is 56.7 Å². The molecule has 1 N–H and O–H groups in total. The van der Waals surface area contributed by atoms with Crippen molar-refractivity contribution in [1.82, 2.24) is 20.0 Å². The molecular formula is C22H34N6O2. The van der Waals surface area contributed by atoms with Gasteiger partial charge in [-0.2, -0.15) is 5.10 Å². The summed E-state index contributed by atoms with van der Waals surface area (Å²) in [6.45, 7) is 10.1. The van der Waals surface area contributed by atoms with E-state index in [2.05, 4.69) is 51.2 Å².